The van der Waals surface area contributed by atoms with Crippen LogP contribution in [0.2, 0.25) is 0 Å². The molecule has 0 aromatic rings. The van der Waals surface area contributed by atoms with Crippen LogP contribution < -0.4 is 5.32 Å². The van der Waals surface area contributed by atoms with Crippen LogP contribution in [-0.4, -0.2) is 28.6 Å². The van der Waals surface area contributed by atoms with Crippen molar-refractivity contribution in [3.05, 3.63) is 37.0 Å². The summed E-state index contributed by atoms with van der Waals surface area (Å²) in [4.78, 5) is 23.8. The Morgan fingerprint density at radius 2 is 1.88 bits per heavy atom. The fourth-order valence-electron chi connectivity index (χ4n) is 2.43. The highest BCUT2D eigenvalue weighted by molar-refractivity contribution is 8.14. The van der Waals surface area contributed by atoms with E-state index in [0.29, 0.717) is 23.3 Å². The van der Waals surface area contributed by atoms with Gasteiger partial charge in [0.1, 0.15) is 5.60 Å². The zero-order valence-electron chi connectivity index (χ0n) is 16.3. The smallest absolute Gasteiger partial charge is 0.407 e. The van der Waals surface area contributed by atoms with Crippen LogP contribution in [0.15, 0.2) is 37.0 Å². The number of amides is 1. The van der Waals surface area contributed by atoms with E-state index in [1.807, 2.05) is 34.6 Å². The normalized spacial score (nSPS) is 20.1. The first kappa shape index (κ1) is 23.5. The third-order valence-corrected chi connectivity index (χ3v) is 4.67. The fourth-order valence-corrected chi connectivity index (χ4v) is 3.64. The minimum Gasteiger partial charge on any atom is -0.444 e. The van der Waals surface area contributed by atoms with Gasteiger partial charge in [0.05, 0.1) is 0 Å². The van der Waals surface area contributed by atoms with Gasteiger partial charge in [-0.25, -0.2) is 4.79 Å². The van der Waals surface area contributed by atoms with E-state index < -0.39 is 5.60 Å². The summed E-state index contributed by atoms with van der Waals surface area (Å²) in [5.41, 5.74) is 0.101. The molecule has 1 amide bonds. The first-order valence-corrected chi connectivity index (χ1v) is 9.76. The molecule has 25 heavy (non-hydrogen) atoms. The Morgan fingerprint density at radius 3 is 2.40 bits per heavy atom. The Bertz CT molecular complexity index is 492. The van der Waals surface area contributed by atoms with Crippen LogP contribution in [0.5, 0.6) is 0 Å². The van der Waals surface area contributed by atoms with Crippen molar-refractivity contribution >= 4 is 23.0 Å². The summed E-state index contributed by atoms with van der Waals surface area (Å²) in [6.07, 6.45) is 7.37. The molecule has 5 heteroatoms. The topological polar surface area (TPSA) is 55.4 Å². The minimum atomic E-state index is -0.483. The molecule has 142 valence electrons. The Balaban J connectivity index is 0.00000277. The van der Waals surface area contributed by atoms with Crippen LogP contribution in [0.4, 0.5) is 4.79 Å². The third kappa shape index (κ3) is 10.2. The maximum Gasteiger partial charge on any atom is 0.407 e. The zero-order valence-corrected chi connectivity index (χ0v) is 17.1. The monoisotopic (exact) mass is 367 g/mol. The number of allylic oxidation sites excluding steroid dienone is 3. The lowest BCUT2D eigenvalue weighted by molar-refractivity contribution is -0.107. The summed E-state index contributed by atoms with van der Waals surface area (Å²) in [5.74, 6) is 0.392. The van der Waals surface area contributed by atoms with E-state index in [1.165, 1.54) is 11.8 Å². The molecule has 0 aromatic heterocycles. The van der Waals surface area contributed by atoms with Crippen molar-refractivity contribution in [1.29, 1.82) is 0 Å². The highest BCUT2D eigenvalue weighted by Gasteiger charge is 2.28. The second-order valence-corrected chi connectivity index (χ2v) is 7.92. The van der Waals surface area contributed by atoms with Gasteiger partial charge in [0.25, 0.3) is 0 Å². The van der Waals surface area contributed by atoms with Crippen LogP contribution in [0, 0.1) is 5.92 Å². The van der Waals surface area contributed by atoms with Crippen molar-refractivity contribution in [2.75, 3.05) is 6.54 Å². The molecule has 2 unspecified atom stereocenters. The van der Waals surface area contributed by atoms with Gasteiger partial charge in [0, 0.05) is 17.4 Å². The van der Waals surface area contributed by atoms with Crippen LogP contribution in [0.1, 0.15) is 53.9 Å². The molecule has 1 rings (SSSR count). The molecule has 0 bridgehead atoms. The van der Waals surface area contributed by atoms with Crippen LogP contribution in [0.3, 0.4) is 0 Å². The van der Waals surface area contributed by atoms with E-state index in [1.54, 1.807) is 18.2 Å². The van der Waals surface area contributed by atoms with Crippen LogP contribution >= 0.6 is 11.8 Å². The van der Waals surface area contributed by atoms with Crippen molar-refractivity contribution in [3.63, 3.8) is 0 Å². The molecule has 4 nitrogen and oxygen atoms in total. The van der Waals surface area contributed by atoms with Crippen molar-refractivity contribution in [2.24, 2.45) is 5.92 Å². The lowest BCUT2D eigenvalue weighted by Crippen LogP contribution is -2.34. The highest BCUT2D eigenvalue weighted by Crippen LogP contribution is 2.35. The number of carbonyl (C=O) groups excluding carboxylic acids is 2. The van der Waals surface area contributed by atoms with E-state index in [2.05, 4.69) is 18.5 Å². The molecule has 0 aromatic carbocycles. The first-order chi connectivity index (χ1) is 11.7. The molecule has 2 atom stereocenters. The first-order valence-electron chi connectivity index (χ1n) is 8.88. The molecule has 1 N–H and O–H groups in total. The van der Waals surface area contributed by atoms with Gasteiger partial charge >= 0.3 is 6.09 Å². The molecule has 1 saturated carbocycles. The van der Waals surface area contributed by atoms with Crippen molar-refractivity contribution in [2.45, 2.75) is 64.7 Å². The van der Waals surface area contributed by atoms with Gasteiger partial charge < -0.3 is 10.1 Å². The number of rotatable bonds is 6. The summed E-state index contributed by atoms with van der Waals surface area (Å²) in [7, 11) is 0. The second-order valence-electron chi connectivity index (χ2n) is 6.65. The van der Waals surface area contributed by atoms with E-state index in [4.69, 9.17) is 4.74 Å². The lowest BCUT2D eigenvalue weighted by atomic mass is 10.1. The molecule has 0 aliphatic heterocycles. The Hall–Kier alpha value is -1.49. The standard InChI is InChI=1S/C18H27NO3S.C2H6/c1-6-8-14(7-2)16(20)23-15-10-9-13(11-15)12-19-17(21)22-18(3,4)5;1-2/h6-8,13,15H,1-2,9-12H2,3-5H3,(H,19,21);1-2H3/b14-8+;. The minimum absolute atomic E-state index is 0.0330. The highest BCUT2D eigenvalue weighted by atomic mass is 32.2. The molecule has 0 heterocycles. The maximum atomic E-state index is 12.1. The van der Waals surface area contributed by atoms with Gasteiger partial charge in [-0.3, -0.25) is 4.79 Å². The molecule has 0 saturated heterocycles. The van der Waals surface area contributed by atoms with E-state index in [0.717, 1.165) is 19.3 Å². The van der Waals surface area contributed by atoms with Gasteiger partial charge in [-0.2, -0.15) is 0 Å². The Kier molecular flexibility index (Phi) is 11.2. The van der Waals surface area contributed by atoms with E-state index >= 15 is 0 Å². The Labute approximate surface area is 157 Å². The molecular formula is C20H33NO3S. The third-order valence-electron chi connectivity index (χ3n) is 3.45. The number of nitrogens with one attached hydrogen (secondary N) is 1. The fraction of sp³-hybridized carbons (Fsp3) is 0.600. The van der Waals surface area contributed by atoms with Gasteiger partial charge in [0.15, 0.2) is 0 Å². The van der Waals surface area contributed by atoms with E-state index in [9.17, 15) is 9.59 Å². The summed E-state index contributed by atoms with van der Waals surface area (Å²) in [5, 5.41) is 3.14. The lowest BCUT2D eigenvalue weighted by Gasteiger charge is -2.20. The largest absolute Gasteiger partial charge is 0.444 e. The summed E-state index contributed by atoms with van der Waals surface area (Å²) >= 11 is 1.36. The predicted molar refractivity (Wildman–Crippen MR) is 108 cm³/mol. The van der Waals surface area contributed by atoms with Crippen molar-refractivity contribution < 1.29 is 14.3 Å². The summed E-state index contributed by atoms with van der Waals surface area (Å²) in [6.45, 7) is 17.4. The molecule has 0 spiro atoms. The van der Waals surface area contributed by atoms with Crippen molar-refractivity contribution in [1.82, 2.24) is 5.32 Å². The van der Waals surface area contributed by atoms with Gasteiger partial charge in [-0.15, -0.1) is 0 Å². The Morgan fingerprint density at radius 1 is 1.24 bits per heavy atom. The van der Waals surface area contributed by atoms with Gasteiger partial charge in [-0.1, -0.05) is 57.0 Å². The molecule has 0 radical (unpaired) electrons. The quantitative estimate of drug-likeness (QED) is 0.513. The molecule has 1 aliphatic rings. The maximum absolute atomic E-state index is 12.1. The molecule has 1 aliphatic carbocycles. The van der Waals surface area contributed by atoms with Gasteiger partial charge in [0.2, 0.25) is 5.12 Å². The summed E-state index contributed by atoms with van der Waals surface area (Å²) in [6, 6.07) is 0. The SMILES string of the molecule is C=C/C=C(\C=C)C(=O)SC1CCC(CNC(=O)OC(C)(C)C)C1.CC. The zero-order chi connectivity index (χ0) is 19.5. The number of hydrogen-bond donors (Lipinski definition) is 1. The van der Waals surface area contributed by atoms with Gasteiger partial charge in [-0.05, 0) is 46.0 Å². The second kappa shape index (κ2) is 12.0. The number of ether oxygens (including phenoxy) is 1. The molecule has 1 fully saturated rings. The van der Waals surface area contributed by atoms with Crippen LogP contribution in [-0.2, 0) is 9.53 Å². The number of alkyl carbamates (subject to hydrolysis) is 1. The van der Waals surface area contributed by atoms with E-state index in [-0.39, 0.29) is 11.2 Å². The predicted octanol–water partition coefficient (Wildman–Crippen LogP) is 5.26. The molecular weight excluding hydrogens is 334 g/mol. The summed E-state index contributed by atoms with van der Waals surface area (Å²) < 4.78 is 5.22. The number of hydrogen-bond acceptors (Lipinski definition) is 4. The average molecular weight is 368 g/mol. The average Bonchev–Trinajstić information content (AvgIpc) is 2.98. The number of carbonyl (C=O) groups is 2. The number of thioether (sulfide) groups is 1. The van der Waals surface area contributed by atoms with Crippen molar-refractivity contribution in [3.8, 4) is 0 Å². The van der Waals surface area contributed by atoms with Crippen LogP contribution in [0.25, 0.3) is 0 Å².